The van der Waals surface area contributed by atoms with Crippen molar-refractivity contribution in [3.8, 4) is 11.5 Å². The number of phenols is 1. The number of thioether (sulfide) groups is 1. The first-order valence-corrected chi connectivity index (χ1v) is 6.88. The summed E-state index contributed by atoms with van der Waals surface area (Å²) in [5, 5.41) is 9.67. The molecule has 0 unspecified atom stereocenters. The predicted octanol–water partition coefficient (Wildman–Crippen LogP) is 3.74. The minimum atomic E-state index is -0.347. The molecule has 0 saturated heterocycles. The van der Waals surface area contributed by atoms with E-state index in [-0.39, 0.29) is 17.5 Å². The highest BCUT2D eigenvalue weighted by molar-refractivity contribution is 8.00. The van der Waals surface area contributed by atoms with E-state index in [9.17, 15) is 4.79 Å². The van der Waals surface area contributed by atoms with Gasteiger partial charge in [-0.3, -0.25) is 4.79 Å². The first kappa shape index (κ1) is 13.8. The number of aromatic hydroxyl groups is 1. The fourth-order valence-corrected chi connectivity index (χ4v) is 2.23. The molecule has 98 valence electrons. The second-order valence-electron chi connectivity index (χ2n) is 3.71. The fraction of sp³-hybridized carbons (Fsp3) is 0.0714. The lowest BCUT2D eigenvalue weighted by molar-refractivity contribution is -0.131. The van der Waals surface area contributed by atoms with Crippen LogP contribution in [0.4, 0.5) is 0 Å². The van der Waals surface area contributed by atoms with Gasteiger partial charge in [-0.05, 0) is 42.5 Å². The summed E-state index contributed by atoms with van der Waals surface area (Å²) >= 11 is 7.14. The van der Waals surface area contributed by atoms with Crippen LogP contribution in [0.5, 0.6) is 11.5 Å². The molecule has 0 radical (unpaired) electrons. The Kier molecular flexibility index (Phi) is 4.71. The highest BCUT2D eigenvalue weighted by Crippen LogP contribution is 2.22. The Labute approximate surface area is 120 Å². The Morgan fingerprint density at radius 3 is 2.63 bits per heavy atom. The molecule has 0 spiro atoms. The van der Waals surface area contributed by atoms with E-state index in [2.05, 4.69) is 0 Å². The largest absolute Gasteiger partial charge is 0.508 e. The Morgan fingerprint density at radius 1 is 1.21 bits per heavy atom. The average molecular weight is 295 g/mol. The SMILES string of the molecule is O=C(CSc1ccc(O)cc1)Oc1cccc(Cl)c1. The summed E-state index contributed by atoms with van der Waals surface area (Å²) < 4.78 is 5.15. The van der Waals surface area contributed by atoms with E-state index in [1.807, 2.05) is 0 Å². The summed E-state index contributed by atoms with van der Waals surface area (Å²) in [5.41, 5.74) is 0. The number of hydrogen-bond acceptors (Lipinski definition) is 4. The lowest BCUT2D eigenvalue weighted by atomic mass is 10.3. The average Bonchev–Trinajstić information content (AvgIpc) is 2.38. The summed E-state index contributed by atoms with van der Waals surface area (Å²) in [6.45, 7) is 0. The van der Waals surface area contributed by atoms with Crippen LogP contribution in [0.2, 0.25) is 5.02 Å². The van der Waals surface area contributed by atoms with Gasteiger partial charge in [0.1, 0.15) is 11.5 Å². The normalized spacial score (nSPS) is 10.2. The molecule has 0 aromatic heterocycles. The van der Waals surface area contributed by atoms with Gasteiger partial charge in [0.05, 0.1) is 5.75 Å². The Balaban J connectivity index is 1.86. The number of halogens is 1. The van der Waals surface area contributed by atoms with Crippen molar-refractivity contribution in [2.45, 2.75) is 4.90 Å². The summed E-state index contributed by atoms with van der Waals surface area (Å²) in [6.07, 6.45) is 0. The van der Waals surface area contributed by atoms with Crippen molar-refractivity contribution in [3.63, 3.8) is 0 Å². The van der Waals surface area contributed by atoms with Crippen LogP contribution < -0.4 is 4.74 Å². The second kappa shape index (κ2) is 6.50. The molecule has 0 aliphatic rings. The molecule has 1 N–H and O–H groups in total. The summed E-state index contributed by atoms with van der Waals surface area (Å²) in [7, 11) is 0. The first-order valence-electron chi connectivity index (χ1n) is 5.51. The van der Waals surface area contributed by atoms with Gasteiger partial charge < -0.3 is 9.84 Å². The van der Waals surface area contributed by atoms with Crippen molar-refractivity contribution in [3.05, 3.63) is 53.6 Å². The monoisotopic (exact) mass is 294 g/mol. The van der Waals surface area contributed by atoms with Gasteiger partial charge in [0.2, 0.25) is 0 Å². The van der Waals surface area contributed by atoms with Crippen LogP contribution >= 0.6 is 23.4 Å². The van der Waals surface area contributed by atoms with E-state index in [4.69, 9.17) is 21.4 Å². The van der Waals surface area contributed by atoms with Crippen LogP contribution in [0.3, 0.4) is 0 Å². The molecular formula is C14H11ClO3S. The van der Waals surface area contributed by atoms with E-state index in [1.54, 1.807) is 48.5 Å². The molecule has 0 aliphatic carbocycles. The third-order valence-electron chi connectivity index (χ3n) is 2.22. The number of hydrogen-bond donors (Lipinski definition) is 1. The molecule has 2 aromatic carbocycles. The Hall–Kier alpha value is -1.65. The lowest BCUT2D eigenvalue weighted by Gasteiger charge is -2.04. The molecule has 19 heavy (non-hydrogen) atoms. The van der Waals surface area contributed by atoms with Crippen LogP contribution in [0.1, 0.15) is 0 Å². The van der Waals surface area contributed by atoms with Crippen LogP contribution in [0, 0.1) is 0 Å². The van der Waals surface area contributed by atoms with E-state index in [1.165, 1.54) is 11.8 Å². The quantitative estimate of drug-likeness (QED) is 0.530. The van der Waals surface area contributed by atoms with Gasteiger partial charge in [-0.25, -0.2) is 0 Å². The molecule has 0 heterocycles. The third-order valence-corrected chi connectivity index (χ3v) is 3.44. The molecule has 0 saturated carbocycles. The van der Waals surface area contributed by atoms with Crippen molar-refractivity contribution >= 4 is 29.3 Å². The minimum Gasteiger partial charge on any atom is -0.508 e. The van der Waals surface area contributed by atoms with Gasteiger partial charge >= 0.3 is 5.97 Å². The summed E-state index contributed by atoms with van der Waals surface area (Å²) in [5.74, 6) is 0.479. The van der Waals surface area contributed by atoms with Crippen molar-refractivity contribution < 1.29 is 14.6 Å². The van der Waals surface area contributed by atoms with Crippen LogP contribution in [-0.4, -0.2) is 16.8 Å². The van der Waals surface area contributed by atoms with Gasteiger partial charge in [0, 0.05) is 9.92 Å². The zero-order chi connectivity index (χ0) is 13.7. The Bertz CT molecular complexity index is 569. The van der Waals surface area contributed by atoms with E-state index in [0.717, 1.165) is 4.90 Å². The molecule has 3 nitrogen and oxygen atoms in total. The van der Waals surface area contributed by atoms with Gasteiger partial charge in [0.15, 0.2) is 0 Å². The van der Waals surface area contributed by atoms with Gasteiger partial charge in [-0.1, -0.05) is 17.7 Å². The number of phenolic OH excluding ortho intramolecular Hbond substituents is 1. The molecular weight excluding hydrogens is 284 g/mol. The van der Waals surface area contributed by atoms with Crippen molar-refractivity contribution in [1.29, 1.82) is 0 Å². The zero-order valence-corrected chi connectivity index (χ0v) is 11.4. The molecule has 0 atom stereocenters. The van der Waals surface area contributed by atoms with E-state index in [0.29, 0.717) is 10.8 Å². The molecule has 2 rings (SSSR count). The summed E-state index contributed by atoms with van der Waals surface area (Å²) in [4.78, 5) is 12.5. The van der Waals surface area contributed by atoms with Crippen molar-refractivity contribution in [2.24, 2.45) is 0 Å². The molecule has 0 bridgehead atoms. The number of ether oxygens (including phenoxy) is 1. The van der Waals surface area contributed by atoms with Crippen molar-refractivity contribution in [1.82, 2.24) is 0 Å². The zero-order valence-electron chi connectivity index (χ0n) is 9.88. The maximum Gasteiger partial charge on any atom is 0.321 e. The minimum absolute atomic E-state index is 0.192. The van der Waals surface area contributed by atoms with Gasteiger partial charge in [-0.15, -0.1) is 11.8 Å². The molecule has 5 heteroatoms. The first-order chi connectivity index (χ1) is 9.13. The molecule has 2 aromatic rings. The Morgan fingerprint density at radius 2 is 1.95 bits per heavy atom. The van der Waals surface area contributed by atoms with Crippen LogP contribution in [0.25, 0.3) is 0 Å². The molecule has 0 fully saturated rings. The highest BCUT2D eigenvalue weighted by atomic mass is 35.5. The predicted molar refractivity (Wildman–Crippen MR) is 75.9 cm³/mol. The highest BCUT2D eigenvalue weighted by Gasteiger charge is 2.06. The topological polar surface area (TPSA) is 46.5 Å². The number of carbonyl (C=O) groups is 1. The number of rotatable bonds is 4. The van der Waals surface area contributed by atoms with Gasteiger partial charge in [-0.2, -0.15) is 0 Å². The number of benzene rings is 2. The smallest absolute Gasteiger partial charge is 0.321 e. The van der Waals surface area contributed by atoms with Crippen LogP contribution in [-0.2, 0) is 4.79 Å². The molecule has 0 aliphatic heterocycles. The standard InChI is InChI=1S/C14H11ClO3S/c15-10-2-1-3-12(8-10)18-14(17)9-19-13-6-4-11(16)5-7-13/h1-8,16H,9H2. The van der Waals surface area contributed by atoms with Crippen molar-refractivity contribution in [2.75, 3.05) is 5.75 Å². The van der Waals surface area contributed by atoms with Gasteiger partial charge in [0.25, 0.3) is 0 Å². The molecule has 0 amide bonds. The maximum absolute atomic E-state index is 11.6. The second-order valence-corrected chi connectivity index (χ2v) is 5.20. The van der Waals surface area contributed by atoms with E-state index < -0.39 is 0 Å². The number of esters is 1. The lowest BCUT2D eigenvalue weighted by Crippen LogP contribution is -2.10. The third kappa shape index (κ3) is 4.50. The van der Waals surface area contributed by atoms with Crippen LogP contribution in [0.15, 0.2) is 53.4 Å². The maximum atomic E-state index is 11.6. The number of carbonyl (C=O) groups excluding carboxylic acids is 1. The fourth-order valence-electron chi connectivity index (χ4n) is 1.38. The van der Waals surface area contributed by atoms with E-state index >= 15 is 0 Å². The summed E-state index contributed by atoms with van der Waals surface area (Å²) in [6, 6.07) is 13.3.